The first-order chi connectivity index (χ1) is 11.2. The van der Waals surface area contributed by atoms with E-state index in [1.165, 1.54) is 11.3 Å². The Balaban J connectivity index is 1.41. The average Bonchev–Trinajstić information content (AvgIpc) is 3.19. The number of rotatable bonds is 7. The van der Waals surface area contributed by atoms with Crippen LogP contribution in [0.4, 0.5) is 0 Å². The van der Waals surface area contributed by atoms with Crippen molar-refractivity contribution in [3.05, 3.63) is 39.8 Å². The van der Waals surface area contributed by atoms with Crippen molar-refractivity contribution in [3.63, 3.8) is 0 Å². The van der Waals surface area contributed by atoms with Gasteiger partial charge in [0.15, 0.2) is 0 Å². The van der Waals surface area contributed by atoms with Gasteiger partial charge in [-0.05, 0) is 43.8 Å². The van der Waals surface area contributed by atoms with Crippen LogP contribution in [0, 0.1) is 6.92 Å². The lowest BCUT2D eigenvalue weighted by molar-refractivity contribution is 0.00634. The number of hydrogen-bond donors (Lipinski definition) is 2. The fourth-order valence-corrected chi connectivity index (χ4v) is 3.79. The summed E-state index contributed by atoms with van der Waals surface area (Å²) in [6.07, 6.45) is 1.89. The van der Waals surface area contributed by atoms with Crippen LogP contribution in [0.15, 0.2) is 23.6 Å². The highest BCUT2D eigenvalue weighted by Gasteiger charge is 2.24. The van der Waals surface area contributed by atoms with E-state index in [2.05, 4.69) is 27.2 Å². The Morgan fingerprint density at radius 1 is 1.57 bits per heavy atom. The molecule has 1 aliphatic rings. The third-order valence-electron chi connectivity index (χ3n) is 4.25. The highest BCUT2D eigenvalue weighted by molar-refractivity contribution is 7.09. The van der Waals surface area contributed by atoms with Gasteiger partial charge in [0.05, 0.1) is 25.0 Å². The smallest absolute Gasteiger partial charge is 0.0900 e. The number of H-pyrrole nitrogens is 1. The van der Waals surface area contributed by atoms with Gasteiger partial charge in [0.25, 0.3) is 0 Å². The van der Waals surface area contributed by atoms with Crippen molar-refractivity contribution in [2.24, 2.45) is 0 Å². The highest BCUT2D eigenvalue weighted by atomic mass is 32.1. The molecule has 3 rings (SSSR count). The summed E-state index contributed by atoms with van der Waals surface area (Å²) >= 11 is 1.68. The molecule has 5 nitrogen and oxygen atoms in total. The van der Waals surface area contributed by atoms with Gasteiger partial charge in [-0.2, -0.15) is 5.10 Å². The molecular formula is C17H25N3O2S. The third kappa shape index (κ3) is 4.88. The summed E-state index contributed by atoms with van der Waals surface area (Å²) in [5.41, 5.74) is 2.26. The standard InChI is InChI=1S/C17H25N3O2S/c1-13-8-17(19-18-13)14-4-2-6-20(9-14)10-15(21)11-22-12-16-5-3-7-23-16/h3,5,7-8,14-15,21H,2,4,6,9-12H2,1H3,(H,18,19)/t14-,15+/m1/s1. The Morgan fingerprint density at radius 3 is 3.22 bits per heavy atom. The van der Waals surface area contributed by atoms with E-state index in [4.69, 9.17) is 4.74 Å². The first-order valence-electron chi connectivity index (χ1n) is 8.23. The Morgan fingerprint density at radius 2 is 2.48 bits per heavy atom. The van der Waals surface area contributed by atoms with E-state index in [1.807, 2.05) is 18.4 Å². The number of nitrogens with one attached hydrogen (secondary N) is 1. The minimum atomic E-state index is -0.436. The van der Waals surface area contributed by atoms with Crippen LogP contribution in [-0.2, 0) is 11.3 Å². The molecule has 0 aliphatic carbocycles. The molecule has 23 heavy (non-hydrogen) atoms. The maximum Gasteiger partial charge on any atom is 0.0900 e. The van der Waals surface area contributed by atoms with Gasteiger partial charge in [-0.25, -0.2) is 0 Å². The number of thiophene rings is 1. The molecule has 2 aromatic rings. The van der Waals surface area contributed by atoms with Crippen LogP contribution in [0.25, 0.3) is 0 Å². The molecule has 126 valence electrons. The molecule has 0 aromatic carbocycles. The molecule has 0 bridgehead atoms. The number of β-amino-alcohol motifs (C(OH)–C–C–N with tert-alkyl or cyclic N) is 1. The fourth-order valence-electron chi connectivity index (χ4n) is 3.15. The summed E-state index contributed by atoms with van der Waals surface area (Å²) in [6, 6.07) is 6.21. The molecule has 2 atom stereocenters. The van der Waals surface area contributed by atoms with E-state index in [1.54, 1.807) is 11.3 Å². The van der Waals surface area contributed by atoms with Crippen LogP contribution >= 0.6 is 11.3 Å². The molecule has 1 fully saturated rings. The van der Waals surface area contributed by atoms with Gasteiger partial charge in [0.2, 0.25) is 0 Å². The molecule has 2 N–H and O–H groups in total. The Bertz CT molecular complexity index is 584. The first-order valence-corrected chi connectivity index (χ1v) is 9.11. The average molecular weight is 335 g/mol. The van der Waals surface area contributed by atoms with Crippen LogP contribution < -0.4 is 0 Å². The van der Waals surface area contributed by atoms with Crippen LogP contribution in [0.1, 0.15) is 35.0 Å². The van der Waals surface area contributed by atoms with Gasteiger partial charge < -0.3 is 14.7 Å². The highest BCUT2D eigenvalue weighted by Crippen LogP contribution is 2.25. The van der Waals surface area contributed by atoms with Crippen molar-refractivity contribution >= 4 is 11.3 Å². The molecule has 2 aromatic heterocycles. The van der Waals surface area contributed by atoms with Crippen molar-refractivity contribution in [1.82, 2.24) is 15.1 Å². The number of ether oxygens (including phenoxy) is 1. The lowest BCUT2D eigenvalue weighted by Gasteiger charge is -2.33. The minimum absolute atomic E-state index is 0.389. The number of aromatic nitrogens is 2. The Hall–Kier alpha value is -1.21. The number of aryl methyl sites for hydroxylation is 1. The van der Waals surface area contributed by atoms with Crippen molar-refractivity contribution < 1.29 is 9.84 Å². The lowest BCUT2D eigenvalue weighted by atomic mass is 9.94. The summed E-state index contributed by atoms with van der Waals surface area (Å²) < 4.78 is 5.61. The number of nitrogens with zero attached hydrogens (tertiary/aromatic N) is 2. The zero-order valence-corrected chi connectivity index (χ0v) is 14.4. The van der Waals surface area contributed by atoms with E-state index in [0.29, 0.717) is 25.7 Å². The molecule has 0 unspecified atom stereocenters. The SMILES string of the molecule is Cc1cc([C@@H]2CCCN(C[C@H](O)COCc3cccs3)C2)n[nH]1. The Labute approximate surface area is 141 Å². The van der Waals surface area contributed by atoms with Crippen LogP contribution in [0.5, 0.6) is 0 Å². The summed E-state index contributed by atoms with van der Waals surface area (Å²) in [5.74, 6) is 0.466. The maximum absolute atomic E-state index is 10.2. The second-order valence-electron chi connectivity index (χ2n) is 6.32. The summed E-state index contributed by atoms with van der Waals surface area (Å²) in [6.45, 7) is 5.69. The predicted octanol–water partition coefficient (Wildman–Crippen LogP) is 2.54. The topological polar surface area (TPSA) is 61.4 Å². The first kappa shape index (κ1) is 16.6. The van der Waals surface area contributed by atoms with Crippen LogP contribution in [-0.4, -0.2) is 52.5 Å². The number of likely N-dealkylation sites (tertiary alicyclic amines) is 1. The summed E-state index contributed by atoms with van der Waals surface area (Å²) in [5, 5.41) is 19.7. The molecule has 0 radical (unpaired) electrons. The second-order valence-corrected chi connectivity index (χ2v) is 7.36. The zero-order valence-electron chi connectivity index (χ0n) is 13.6. The predicted molar refractivity (Wildman–Crippen MR) is 91.7 cm³/mol. The van der Waals surface area contributed by atoms with Gasteiger partial charge in [0.1, 0.15) is 0 Å². The summed E-state index contributed by atoms with van der Waals surface area (Å²) in [4.78, 5) is 3.53. The number of aliphatic hydroxyl groups is 1. The fraction of sp³-hybridized carbons (Fsp3) is 0.588. The van der Waals surface area contributed by atoms with Crippen molar-refractivity contribution in [2.45, 2.75) is 38.4 Å². The molecular weight excluding hydrogens is 310 g/mol. The van der Waals surface area contributed by atoms with E-state index < -0.39 is 6.10 Å². The van der Waals surface area contributed by atoms with Gasteiger partial charge in [-0.3, -0.25) is 5.10 Å². The van der Waals surface area contributed by atoms with Gasteiger partial charge >= 0.3 is 0 Å². The largest absolute Gasteiger partial charge is 0.389 e. The van der Waals surface area contributed by atoms with Crippen molar-refractivity contribution in [3.8, 4) is 0 Å². The number of aliphatic hydroxyl groups excluding tert-OH is 1. The van der Waals surface area contributed by atoms with E-state index in [9.17, 15) is 5.11 Å². The van der Waals surface area contributed by atoms with Crippen LogP contribution in [0.3, 0.4) is 0 Å². The molecule has 0 saturated carbocycles. The van der Waals surface area contributed by atoms with E-state index >= 15 is 0 Å². The van der Waals surface area contributed by atoms with Gasteiger partial charge in [-0.15, -0.1) is 11.3 Å². The van der Waals surface area contributed by atoms with E-state index in [0.717, 1.165) is 30.9 Å². The molecule has 1 saturated heterocycles. The molecule has 3 heterocycles. The molecule has 1 aliphatic heterocycles. The van der Waals surface area contributed by atoms with E-state index in [-0.39, 0.29) is 0 Å². The van der Waals surface area contributed by atoms with Crippen molar-refractivity contribution in [2.75, 3.05) is 26.2 Å². The summed E-state index contributed by atoms with van der Waals surface area (Å²) in [7, 11) is 0. The lowest BCUT2D eigenvalue weighted by Crippen LogP contribution is -2.40. The van der Waals surface area contributed by atoms with Crippen LogP contribution in [0.2, 0.25) is 0 Å². The van der Waals surface area contributed by atoms with Crippen molar-refractivity contribution in [1.29, 1.82) is 0 Å². The molecule has 0 spiro atoms. The molecule has 0 amide bonds. The zero-order chi connectivity index (χ0) is 16.1. The minimum Gasteiger partial charge on any atom is -0.389 e. The maximum atomic E-state index is 10.2. The van der Waals surface area contributed by atoms with Gasteiger partial charge in [-0.1, -0.05) is 6.07 Å². The monoisotopic (exact) mass is 335 g/mol. The number of aromatic amines is 1. The Kier molecular flexibility index (Phi) is 5.83. The normalized spacial score (nSPS) is 20.7. The second kappa shape index (κ2) is 8.06. The van der Waals surface area contributed by atoms with Gasteiger partial charge in [0, 0.05) is 29.6 Å². The number of piperidine rings is 1. The third-order valence-corrected chi connectivity index (χ3v) is 5.10. The molecule has 6 heteroatoms. The quantitative estimate of drug-likeness (QED) is 0.816. The number of hydrogen-bond acceptors (Lipinski definition) is 5.